The molecule has 3 nitrogen and oxygen atoms in total. The number of H-pyrrole nitrogens is 1. The summed E-state index contributed by atoms with van der Waals surface area (Å²) in [4.78, 5) is 15.7. The van der Waals surface area contributed by atoms with E-state index in [4.69, 9.17) is 0 Å². The van der Waals surface area contributed by atoms with Crippen LogP contribution in [0.4, 0.5) is 0 Å². The number of nitrogens with one attached hydrogen (secondary N) is 1. The zero-order valence-corrected chi connectivity index (χ0v) is 13.9. The van der Waals surface area contributed by atoms with Crippen LogP contribution in [0.2, 0.25) is 0 Å². The van der Waals surface area contributed by atoms with Crippen LogP contribution in [0.1, 0.15) is 21.5 Å². The number of nitriles is 1. The van der Waals surface area contributed by atoms with E-state index in [-0.39, 0.29) is 5.78 Å². The van der Waals surface area contributed by atoms with Crippen LogP contribution in [-0.2, 0) is 0 Å². The third kappa shape index (κ3) is 2.12. The van der Waals surface area contributed by atoms with Gasteiger partial charge in [-0.05, 0) is 50.1 Å². The van der Waals surface area contributed by atoms with Gasteiger partial charge in [0.25, 0.3) is 0 Å². The van der Waals surface area contributed by atoms with Crippen molar-refractivity contribution in [1.29, 1.82) is 5.26 Å². The molecule has 0 aliphatic heterocycles. The molecule has 0 saturated carbocycles. The first-order chi connectivity index (χ1) is 9.61. The summed E-state index contributed by atoms with van der Waals surface area (Å²) >= 11 is 8.21. The summed E-state index contributed by atoms with van der Waals surface area (Å²) in [6.45, 7) is 0. The molecule has 2 aromatic heterocycles. The lowest BCUT2D eigenvalue weighted by Crippen LogP contribution is -2.00. The first kappa shape index (κ1) is 13.6. The van der Waals surface area contributed by atoms with Gasteiger partial charge in [0, 0.05) is 28.2 Å². The maximum Gasteiger partial charge on any atom is 0.197 e. The highest BCUT2D eigenvalue weighted by Crippen LogP contribution is 2.34. The Kier molecular flexibility index (Phi) is 3.50. The first-order valence-electron chi connectivity index (χ1n) is 5.61. The molecule has 0 aliphatic carbocycles. The lowest BCUT2D eigenvalue weighted by molar-refractivity contribution is 0.104. The molecule has 0 amide bonds. The summed E-state index contributed by atoms with van der Waals surface area (Å²) in [5.41, 5.74) is 2.40. The molecule has 2 heterocycles. The molecule has 0 atom stereocenters. The van der Waals surface area contributed by atoms with Gasteiger partial charge in [-0.15, -0.1) is 11.3 Å². The number of nitrogens with zero attached hydrogens (tertiary/aromatic N) is 1. The van der Waals surface area contributed by atoms with Crippen molar-refractivity contribution in [3.05, 3.63) is 54.7 Å². The van der Waals surface area contributed by atoms with Gasteiger partial charge in [0.05, 0.1) is 19.2 Å². The largest absolute Gasteiger partial charge is 0.360 e. The Balaban J connectivity index is 2.23. The SMILES string of the molecule is N#Cc1cccc2[nH]cc(C(=O)c3cc(Br)sc3Br)c12. The lowest BCUT2D eigenvalue weighted by atomic mass is 10.0. The summed E-state index contributed by atoms with van der Waals surface area (Å²) in [7, 11) is 0. The standard InChI is InChI=1S/C14H6Br2N2OS/c15-11-4-8(14(16)20-11)13(19)9-6-18-10-3-1-2-7(5-17)12(9)10/h1-4,6,18H. The third-order valence-corrected chi connectivity index (χ3v) is 5.31. The Hall–Kier alpha value is -1.42. The molecular formula is C14H6Br2N2OS. The average Bonchev–Trinajstić information content (AvgIpc) is 3.01. The Morgan fingerprint density at radius 2 is 2.10 bits per heavy atom. The first-order valence-corrected chi connectivity index (χ1v) is 8.02. The average molecular weight is 410 g/mol. The molecule has 0 spiro atoms. The number of thiophene rings is 1. The van der Waals surface area contributed by atoms with Crippen LogP contribution < -0.4 is 0 Å². The van der Waals surface area contributed by atoms with E-state index in [9.17, 15) is 10.1 Å². The van der Waals surface area contributed by atoms with Crippen LogP contribution >= 0.6 is 43.2 Å². The molecule has 6 heteroatoms. The molecule has 98 valence electrons. The predicted molar refractivity (Wildman–Crippen MR) is 86.2 cm³/mol. The topological polar surface area (TPSA) is 56.6 Å². The van der Waals surface area contributed by atoms with Gasteiger partial charge < -0.3 is 4.98 Å². The lowest BCUT2D eigenvalue weighted by Gasteiger charge is -1.99. The summed E-state index contributed by atoms with van der Waals surface area (Å²) in [5, 5.41) is 9.87. The Morgan fingerprint density at radius 3 is 2.75 bits per heavy atom. The monoisotopic (exact) mass is 408 g/mol. The van der Waals surface area contributed by atoms with E-state index in [2.05, 4.69) is 42.9 Å². The number of ketones is 1. The molecule has 0 fully saturated rings. The van der Waals surface area contributed by atoms with E-state index in [0.717, 1.165) is 13.1 Å². The Labute approximate surface area is 135 Å². The highest BCUT2D eigenvalue weighted by atomic mass is 79.9. The second-order valence-electron chi connectivity index (χ2n) is 4.11. The van der Waals surface area contributed by atoms with Crippen molar-refractivity contribution in [3.8, 4) is 6.07 Å². The van der Waals surface area contributed by atoms with Gasteiger partial charge in [0.2, 0.25) is 0 Å². The van der Waals surface area contributed by atoms with Gasteiger partial charge in [-0.25, -0.2) is 0 Å². The van der Waals surface area contributed by atoms with Crippen molar-refractivity contribution in [2.24, 2.45) is 0 Å². The molecule has 0 unspecified atom stereocenters. The number of aromatic nitrogens is 1. The minimum Gasteiger partial charge on any atom is -0.360 e. The number of benzene rings is 1. The predicted octanol–water partition coefficient (Wildman–Crippen LogP) is 4.86. The molecule has 0 radical (unpaired) electrons. The van der Waals surface area contributed by atoms with Gasteiger partial charge in [-0.2, -0.15) is 5.26 Å². The van der Waals surface area contributed by atoms with Crippen LogP contribution in [-0.4, -0.2) is 10.8 Å². The summed E-state index contributed by atoms with van der Waals surface area (Å²) in [6.07, 6.45) is 1.66. The van der Waals surface area contributed by atoms with E-state index >= 15 is 0 Å². The quantitative estimate of drug-likeness (QED) is 0.614. The number of hydrogen-bond acceptors (Lipinski definition) is 3. The molecule has 3 rings (SSSR count). The van der Waals surface area contributed by atoms with Crippen molar-refractivity contribution in [1.82, 2.24) is 4.98 Å². The second-order valence-corrected chi connectivity index (χ2v) is 7.86. The fourth-order valence-corrected chi connectivity index (χ4v) is 4.89. The number of fused-ring (bicyclic) bond motifs is 1. The van der Waals surface area contributed by atoms with Crippen molar-refractivity contribution in [3.63, 3.8) is 0 Å². The van der Waals surface area contributed by atoms with Crippen LogP contribution in [0.25, 0.3) is 10.9 Å². The minimum absolute atomic E-state index is 0.104. The smallest absolute Gasteiger partial charge is 0.197 e. The number of carbonyl (C=O) groups is 1. The number of hydrogen-bond donors (Lipinski definition) is 1. The fourth-order valence-electron chi connectivity index (χ4n) is 2.10. The normalized spacial score (nSPS) is 10.7. The molecular weight excluding hydrogens is 404 g/mol. The highest BCUT2D eigenvalue weighted by Gasteiger charge is 2.20. The van der Waals surface area contributed by atoms with Crippen LogP contribution in [0, 0.1) is 11.3 Å². The van der Waals surface area contributed by atoms with Gasteiger partial charge >= 0.3 is 0 Å². The summed E-state index contributed by atoms with van der Waals surface area (Å²) in [5.74, 6) is -0.104. The molecule has 1 aromatic carbocycles. The van der Waals surface area contributed by atoms with Crippen LogP contribution in [0.3, 0.4) is 0 Å². The maximum absolute atomic E-state index is 12.7. The zero-order valence-electron chi connectivity index (χ0n) is 9.91. The second kappa shape index (κ2) is 5.17. The van der Waals surface area contributed by atoms with Crippen molar-refractivity contribution in [2.75, 3.05) is 0 Å². The van der Waals surface area contributed by atoms with Crippen molar-refractivity contribution >= 4 is 59.9 Å². The zero-order chi connectivity index (χ0) is 14.3. The van der Waals surface area contributed by atoms with Gasteiger partial charge in [0.15, 0.2) is 5.78 Å². The molecule has 0 aliphatic rings. The van der Waals surface area contributed by atoms with Gasteiger partial charge in [-0.3, -0.25) is 4.79 Å². The molecule has 0 bridgehead atoms. The fraction of sp³-hybridized carbons (Fsp3) is 0. The molecule has 1 N–H and O–H groups in total. The van der Waals surface area contributed by atoms with E-state index in [0.29, 0.717) is 22.1 Å². The number of aromatic amines is 1. The molecule has 0 saturated heterocycles. The van der Waals surface area contributed by atoms with E-state index in [1.54, 1.807) is 24.4 Å². The number of halogens is 2. The van der Waals surface area contributed by atoms with E-state index in [1.165, 1.54) is 11.3 Å². The number of rotatable bonds is 2. The maximum atomic E-state index is 12.7. The summed E-state index contributed by atoms with van der Waals surface area (Å²) < 4.78 is 1.66. The van der Waals surface area contributed by atoms with Crippen LogP contribution in [0.5, 0.6) is 0 Å². The third-order valence-electron chi connectivity index (χ3n) is 2.97. The Bertz CT molecular complexity index is 873. The molecule has 20 heavy (non-hydrogen) atoms. The van der Waals surface area contributed by atoms with Crippen molar-refractivity contribution < 1.29 is 4.79 Å². The number of carbonyl (C=O) groups excluding carboxylic acids is 1. The van der Waals surface area contributed by atoms with Crippen molar-refractivity contribution in [2.45, 2.75) is 0 Å². The minimum atomic E-state index is -0.104. The Morgan fingerprint density at radius 1 is 1.30 bits per heavy atom. The summed E-state index contributed by atoms with van der Waals surface area (Å²) in [6, 6.07) is 9.28. The highest BCUT2D eigenvalue weighted by molar-refractivity contribution is 9.12. The van der Waals surface area contributed by atoms with E-state index < -0.39 is 0 Å². The van der Waals surface area contributed by atoms with Gasteiger partial charge in [0.1, 0.15) is 0 Å². The van der Waals surface area contributed by atoms with E-state index in [1.807, 2.05) is 6.07 Å². The van der Waals surface area contributed by atoms with Crippen LogP contribution in [0.15, 0.2) is 38.0 Å². The van der Waals surface area contributed by atoms with Gasteiger partial charge in [-0.1, -0.05) is 6.07 Å². The molecule has 3 aromatic rings.